The van der Waals surface area contributed by atoms with Crippen LogP contribution in [-0.4, -0.2) is 6.54 Å². The lowest BCUT2D eigenvalue weighted by Gasteiger charge is -2.31. The Balaban J connectivity index is 1.89. The van der Waals surface area contributed by atoms with Crippen molar-refractivity contribution < 1.29 is 4.39 Å². The van der Waals surface area contributed by atoms with Crippen LogP contribution in [-0.2, 0) is 13.0 Å². The lowest BCUT2D eigenvalue weighted by molar-refractivity contribution is 0.598. The van der Waals surface area contributed by atoms with Crippen LogP contribution in [0, 0.1) is 5.82 Å². The van der Waals surface area contributed by atoms with Gasteiger partial charge < -0.3 is 10.6 Å². The second-order valence-corrected chi connectivity index (χ2v) is 5.59. The molecular formula is C16H16ClFN2. The average Bonchev–Trinajstić information content (AvgIpc) is 2.41. The molecule has 104 valence electrons. The highest BCUT2D eigenvalue weighted by atomic mass is 35.5. The number of halogens is 2. The summed E-state index contributed by atoms with van der Waals surface area (Å²) >= 11 is 5.79. The Hall–Kier alpha value is -1.74. The molecule has 2 N–H and O–H groups in total. The van der Waals surface area contributed by atoms with E-state index in [1.54, 1.807) is 12.1 Å². The minimum atomic E-state index is -0.250. The second kappa shape index (κ2) is 5.33. The van der Waals surface area contributed by atoms with E-state index in [1.165, 1.54) is 11.6 Å². The number of benzene rings is 2. The highest BCUT2D eigenvalue weighted by molar-refractivity contribution is 6.30. The summed E-state index contributed by atoms with van der Waals surface area (Å²) in [5.74, 6) is -0.250. The van der Waals surface area contributed by atoms with Crippen LogP contribution in [0.25, 0.3) is 0 Å². The molecule has 0 amide bonds. The van der Waals surface area contributed by atoms with E-state index in [0.29, 0.717) is 17.1 Å². The first kappa shape index (κ1) is 13.3. The highest BCUT2D eigenvalue weighted by Gasteiger charge is 2.18. The fraction of sp³-hybridized carbons (Fsp3) is 0.250. The van der Waals surface area contributed by atoms with Crippen LogP contribution < -0.4 is 10.6 Å². The Bertz CT molecular complexity index is 642. The average molecular weight is 291 g/mol. The first-order chi connectivity index (χ1) is 9.63. The summed E-state index contributed by atoms with van der Waals surface area (Å²) in [6.45, 7) is 1.49. The molecule has 0 fully saturated rings. The largest absolute Gasteiger partial charge is 0.399 e. The summed E-state index contributed by atoms with van der Waals surface area (Å²) < 4.78 is 13.9. The Morgan fingerprint density at radius 2 is 2.05 bits per heavy atom. The van der Waals surface area contributed by atoms with Gasteiger partial charge in [0.05, 0.1) is 0 Å². The molecule has 0 aliphatic carbocycles. The summed E-state index contributed by atoms with van der Waals surface area (Å²) in [5, 5.41) is 0.429. The van der Waals surface area contributed by atoms with E-state index in [9.17, 15) is 4.39 Å². The fourth-order valence-corrected chi connectivity index (χ4v) is 2.87. The third-order valence-electron chi connectivity index (χ3n) is 3.69. The molecule has 3 rings (SSSR count). The van der Waals surface area contributed by atoms with Gasteiger partial charge in [0.1, 0.15) is 5.82 Å². The van der Waals surface area contributed by atoms with Gasteiger partial charge in [0.25, 0.3) is 0 Å². The summed E-state index contributed by atoms with van der Waals surface area (Å²) in [5.41, 5.74) is 9.67. The van der Waals surface area contributed by atoms with Gasteiger partial charge in [-0.2, -0.15) is 0 Å². The van der Waals surface area contributed by atoms with Crippen LogP contribution in [0.4, 0.5) is 15.8 Å². The molecule has 0 unspecified atom stereocenters. The van der Waals surface area contributed by atoms with Gasteiger partial charge in [0.2, 0.25) is 0 Å². The SMILES string of the molecule is Nc1ccc2c(c1)CCCN2Cc1ccc(Cl)cc1F. The molecule has 20 heavy (non-hydrogen) atoms. The third kappa shape index (κ3) is 2.59. The Morgan fingerprint density at radius 3 is 2.85 bits per heavy atom. The number of rotatable bonds is 2. The molecular weight excluding hydrogens is 275 g/mol. The first-order valence-corrected chi connectivity index (χ1v) is 7.08. The van der Waals surface area contributed by atoms with E-state index in [-0.39, 0.29) is 5.82 Å². The zero-order chi connectivity index (χ0) is 14.1. The Morgan fingerprint density at radius 1 is 1.20 bits per heavy atom. The molecule has 1 aliphatic heterocycles. The summed E-state index contributed by atoms with van der Waals surface area (Å²) in [6, 6.07) is 10.8. The van der Waals surface area contributed by atoms with Crippen molar-refractivity contribution in [2.75, 3.05) is 17.2 Å². The van der Waals surface area contributed by atoms with E-state index < -0.39 is 0 Å². The van der Waals surface area contributed by atoms with Crippen LogP contribution in [0.15, 0.2) is 36.4 Å². The smallest absolute Gasteiger partial charge is 0.129 e. The van der Waals surface area contributed by atoms with Crippen molar-refractivity contribution in [2.45, 2.75) is 19.4 Å². The summed E-state index contributed by atoms with van der Waals surface area (Å²) in [4.78, 5) is 2.20. The molecule has 4 heteroatoms. The standard InChI is InChI=1S/C16H16ClFN2/c17-13-4-3-12(15(18)9-13)10-20-7-1-2-11-8-14(19)5-6-16(11)20/h3-6,8-9H,1-2,7,10,19H2. The normalized spacial score (nSPS) is 14.2. The molecule has 0 aromatic heterocycles. The Labute approximate surface area is 123 Å². The van der Waals surface area contributed by atoms with Gasteiger partial charge in [0, 0.05) is 35.1 Å². The van der Waals surface area contributed by atoms with Crippen molar-refractivity contribution in [3.8, 4) is 0 Å². The quantitative estimate of drug-likeness (QED) is 0.847. The molecule has 0 spiro atoms. The first-order valence-electron chi connectivity index (χ1n) is 6.71. The number of aryl methyl sites for hydroxylation is 1. The van der Waals surface area contributed by atoms with Crippen LogP contribution in [0.3, 0.4) is 0 Å². The van der Waals surface area contributed by atoms with Gasteiger partial charge in [0.15, 0.2) is 0 Å². The molecule has 2 nitrogen and oxygen atoms in total. The van der Waals surface area contributed by atoms with E-state index in [0.717, 1.165) is 30.8 Å². The van der Waals surface area contributed by atoms with Gasteiger partial charge in [-0.3, -0.25) is 0 Å². The molecule has 0 bridgehead atoms. The van der Waals surface area contributed by atoms with E-state index in [2.05, 4.69) is 4.90 Å². The van der Waals surface area contributed by atoms with Gasteiger partial charge in [-0.1, -0.05) is 17.7 Å². The van der Waals surface area contributed by atoms with Crippen LogP contribution in [0.1, 0.15) is 17.5 Å². The predicted molar refractivity (Wildman–Crippen MR) is 81.6 cm³/mol. The van der Waals surface area contributed by atoms with Crippen molar-refractivity contribution in [3.63, 3.8) is 0 Å². The molecule has 0 atom stereocenters. The van der Waals surface area contributed by atoms with E-state index >= 15 is 0 Å². The molecule has 0 radical (unpaired) electrons. The van der Waals surface area contributed by atoms with Crippen LogP contribution in [0.5, 0.6) is 0 Å². The zero-order valence-electron chi connectivity index (χ0n) is 11.1. The lowest BCUT2D eigenvalue weighted by atomic mass is 10.0. The minimum absolute atomic E-state index is 0.250. The zero-order valence-corrected chi connectivity index (χ0v) is 11.8. The van der Waals surface area contributed by atoms with Gasteiger partial charge in [-0.25, -0.2) is 4.39 Å². The predicted octanol–water partition coefficient (Wildman–Crippen LogP) is 4.01. The van der Waals surface area contributed by atoms with Crippen molar-refractivity contribution >= 4 is 23.0 Å². The maximum Gasteiger partial charge on any atom is 0.129 e. The maximum atomic E-state index is 13.9. The van der Waals surface area contributed by atoms with Crippen molar-refractivity contribution in [3.05, 3.63) is 58.4 Å². The molecule has 1 aliphatic rings. The molecule has 1 heterocycles. The molecule has 0 saturated carbocycles. The monoisotopic (exact) mass is 290 g/mol. The number of hydrogen-bond donors (Lipinski definition) is 1. The topological polar surface area (TPSA) is 29.3 Å². The number of hydrogen-bond acceptors (Lipinski definition) is 2. The number of nitrogens with two attached hydrogens (primary N) is 1. The fourth-order valence-electron chi connectivity index (χ4n) is 2.71. The third-order valence-corrected chi connectivity index (χ3v) is 3.93. The second-order valence-electron chi connectivity index (χ2n) is 5.15. The number of anilines is 2. The summed E-state index contributed by atoms with van der Waals surface area (Å²) in [7, 11) is 0. The number of nitrogen functional groups attached to an aromatic ring is 1. The van der Waals surface area contributed by atoms with Crippen molar-refractivity contribution in [2.24, 2.45) is 0 Å². The van der Waals surface area contributed by atoms with Crippen LogP contribution >= 0.6 is 11.6 Å². The molecule has 2 aromatic rings. The summed E-state index contributed by atoms with van der Waals surface area (Å²) in [6.07, 6.45) is 2.09. The maximum absolute atomic E-state index is 13.9. The van der Waals surface area contributed by atoms with Crippen molar-refractivity contribution in [1.29, 1.82) is 0 Å². The van der Waals surface area contributed by atoms with Gasteiger partial charge in [-0.05, 0) is 48.7 Å². The molecule has 0 saturated heterocycles. The Kier molecular flexibility index (Phi) is 3.53. The van der Waals surface area contributed by atoms with E-state index in [1.807, 2.05) is 18.2 Å². The highest BCUT2D eigenvalue weighted by Crippen LogP contribution is 2.30. The van der Waals surface area contributed by atoms with E-state index in [4.69, 9.17) is 17.3 Å². The number of fused-ring (bicyclic) bond motifs is 1. The minimum Gasteiger partial charge on any atom is -0.399 e. The van der Waals surface area contributed by atoms with Gasteiger partial charge >= 0.3 is 0 Å². The van der Waals surface area contributed by atoms with Gasteiger partial charge in [-0.15, -0.1) is 0 Å². The van der Waals surface area contributed by atoms with Crippen LogP contribution in [0.2, 0.25) is 5.02 Å². The number of nitrogens with zero attached hydrogens (tertiary/aromatic N) is 1. The molecule has 2 aromatic carbocycles. The van der Waals surface area contributed by atoms with Crippen molar-refractivity contribution in [1.82, 2.24) is 0 Å². The lowest BCUT2D eigenvalue weighted by Crippen LogP contribution is -2.29.